The number of β-amino-alcohol motifs (C(OH)–C–C–N with tert-alkyl or cyclic N) is 1. The number of nitrogens with one attached hydrogen (secondary N) is 1. The summed E-state index contributed by atoms with van der Waals surface area (Å²) in [7, 11) is 0. The van der Waals surface area contributed by atoms with Crippen LogP contribution in [0.3, 0.4) is 0 Å². The molecule has 2 unspecified atom stereocenters. The number of hydrogen-bond donors (Lipinski definition) is 2. The van der Waals surface area contributed by atoms with Crippen molar-refractivity contribution in [2.24, 2.45) is 5.41 Å². The number of aliphatic hydroxyl groups excluding tert-OH is 1. The third-order valence-electron chi connectivity index (χ3n) is 5.87. The second-order valence-corrected chi connectivity index (χ2v) is 9.79. The minimum Gasteiger partial charge on any atom is -0.391 e. The summed E-state index contributed by atoms with van der Waals surface area (Å²) in [5.41, 5.74) is 0.441. The van der Waals surface area contributed by atoms with E-state index in [-0.39, 0.29) is 24.8 Å². The van der Waals surface area contributed by atoms with Crippen LogP contribution in [0.15, 0.2) is 6.20 Å². The van der Waals surface area contributed by atoms with Crippen molar-refractivity contribution in [1.29, 1.82) is 0 Å². The molecule has 2 aromatic heterocycles. The Balaban J connectivity index is 1.46. The van der Waals surface area contributed by atoms with Gasteiger partial charge in [0.15, 0.2) is 5.82 Å². The minimum absolute atomic E-state index is 0.109. The number of hydrogen-bond acceptors (Lipinski definition) is 8. The second-order valence-electron chi connectivity index (χ2n) is 9.79. The van der Waals surface area contributed by atoms with Gasteiger partial charge in [-0.25, -0.2) is 4.68 Å². The van der Waals surface area contributed by atoms with Gasteiger partial charge in [-0.3, -0.25) is 9.59 Å². The van der Waals surface area contributed by atoms with E-state index in [1.54, 1.807) is 11.6 Å². The van der Waals surface area contributed by atoms with Crippen molar-refractivity contribution in [2.45, 2.75) is 77.6 Å². The van der Waals surface area contributed by atoms with Crippen LogP contribution in [-0.2, 0) is 16.1 Å². The first-order chi connectivity index (χ1) is 15.1. The van der Waals surface area contributed by atoms with Gasteiger partial charge in [-0.05, 0) is 30.4 Å². The zero-order valence-electron chi connectivity index (χ0n) is 19.0. The maximum atomic E-state index is 13.7. The van der Waals surface area contributed by atoms with Crippen LogP contribution < -0.4 is 5.32 Å². The van der Waals surface area contributed by atoms with E-state index in [1.165, 1.54) is 9.70 Å². The molecule has 0 bridgehead atoms. The fourth-order valence-electron chi connectivity index (χ4n) is 4.14. The SMILES string of the molecule is Cc1nnn(CCNC(=O)C2CC(O)CN2C(=O)[C@@H](n2cc(C3CC3)nn2)C(C)(C)C)n1. The number of amides is 2. The highest BCUT2D eigenvalue weighted by Gasteiger charge is 2.45. The van der Waals surface area contributed by atoms with E-state index >= 15 is 0 Å². The number of aryl methyl sites for hydroxylation is 1. The molecule has 3 heterocycles. The molecular weight excluding hydrogens is 414 g/mol. The first-order valence-corrected chi connectivity index (χ1v) is 11.1. The van der Waals surface area contributed by atoms with E-state index in [2.05, 4.69) is 31.0 Å². The Morgan fingerprint density at radius 2 is 2.00 bits per heavy atom. The molecule has 12 heteroatoms. The van der Waals surface area contributed by atoms with Gasteiger partial charge in [-0.15, -0.1) is 15.3 Å². The molecule has 174 valence electrons. The molecule has 2 fully saturated rings. The topological polar surface area (TPSA) is 144 Å². The van der Waals surface area contributed by atoms with Gasteiger partial charge in [0.2, 0.25) is 11.8 Å². The van der Waals surface area contributed by atoms with Crippen molar-refractivity contribution in [3.8, 4) is 0 Å². The fraction of sp³-hybridized carbons (Fsp3) is 0.750. The molecule has 2 aromatic rings. The van der Waals surface area contributed by atoms with Crippen LogP contribution in [0.25, 0.3) is 0 Å². The highest BCUT2D eigenvalue weighted by molar-refractivity contribution is 5.90. The third kappa shape index (κ3) is 4.79. The van der Waals surface area contributed by atoms with Crippen LogP contribution in [0.5, 0.6) is 0 Å². The lowest BCUT2D eigenvalue weighted by Gasteiger charge is -2.34. The molecule has 1 aliphatic carbocycles. The number of tetrazole rings is 1. The van der Waals surface area contributed by atoms with E-state index < -0.39 is 23.6 Å². The first kappa shape index (κ1) is 22.3. The van der Waals surface area contributed by atoms with Gasteiger partial charge in [0.25, 0.3) is 0 Å². The Bertz CT molecular complexity index is 975. The third-order valence-corrected chi connectivity index (χ3v) is 5.87. The standard InChI is InChI=1S/C20H31N9O3/c1-12-22-26-29(24-12)8-7-21-18(31)16-9-14(30)10-27(16)19(32)17(20(2,3)4)28-11-15(23-25-28)13-5-6-13/h11,13-14,16-17,30H,5-10H2,1-4H3,(H,21,31)/t14?,16?,17-/m1/s1. The smallest absolute Gasteiger partial charge is 0.248 e. The van der Waals surface area contributed by atoms with Crippen molar-refractivity contribution < 1.29 is 14.7 Å². The molecular formula is C20H31N9O3. The number of carbonyl (C=O) groups excluding carboxylic acids is 2. The summed E-state index contributed by atoms with van der Waals surface area (Å²) >= 11 is 0. The number of aliphatic hydroxyl groups is 1. The van der Waals surface area contributed by atoms with Crippen molar-refractivity contribution in [1.82, 2.24) is 45.4 Å². The first-order valence-electron chi connectivity index (χ1n) is 11.1. The maximum Gasteiger partial charge on any atom is 0.248 e. The lowest BCUT2D eigenvalue weighted by atomic mass is 9.85. The van der Waals surface area contributed by atoms with Crippen LogP contribution >= 0.6 is 0 Å². The largest absolute Gasteiger partial charge is 0.391 e. The number of nitrogens with zero attached hydrogens (tertiary/aromatic N) is 8. The molecule has 0 aromatic carbocycles. The summed E-state index contributed by atoms with van der Waals surface area (Å²) in [6.07, 6.45) is 3.47. The minimum atomic E-state index is -0.757. The second kappa shape index (κ2) is 8.57. The van der Waals surface area contributed by atoms with Crippen LogP contribution in [0.4, 0.5) is 0 Å². The Hall–Kier alpha value is -2.89. The molecule has 12 nitrogen and oxygen atoms in total. The van der Waals surface area contributed by atoms with E-state index in [0.717, 1.165) is 18.5 Å². The number of rotatable bonds is 7. The summed E-state index contributed by atoms with van der Waals surface area (Å²) in [6, 6.07) is -1.38. The highest BCUT2D eigenvalue weighted by Crippen LogP contribution is 2.40. The summed E-state index contributed by atoms with van der Waals surface area (Å²) in [5, 5.41) is 33.4. The van der Waals surface area contributed by atoms with Gasteiger partial charge < -0.3 is 15.3 Å². The molecule has 3 atom stereocenters. The van der Waals surface area contributed by atoms with Gasteiger partial charge in [0.1, 0.15) is 12.1 Å². The van der Waals surface area contributed by atoms with Gasteiger partial charge in [0, 0.05) is 31.6 Å². The lowest BCUT2D eigenvalue weighted by Crippen LogP contribution is -2.50. The fourth-order valence-corrected chi connectivity index (χ4v) is 4.14. The molecule has 1 saturated carbocycles. The summed E-state index contributed by atoms with van der Waals surface area (Å²) in [4.78, 5) is 29.4. The highest BCUT2D eigenvalue weighted by atomic mass is 16.3. The molecule has 1 saturated heterocycles. The summed E-state index contributed by atoms with van der Waals surface area (Å²) in [5.74, 6) is 0.430. The summed E-state index contributed by atoms with van der Waals surface area (Å²) < 4.78 is 1.62. The Labute approximate surface area is 186 Å². The average Bonchev–Trinajstić information content (AvgIpc) is 3.10. The van der Waals surface area contributed by atoms with E-state index in [1.807, 2.05) is 27.0 Å². The van der Waals surface area contributed by atoms with E-state index in [4.69, 9.17) is 0 Å². The molecule has 2 amide bonds. The van der Waals surface area contributed by atoms with Crippen LogP contribution in [0.1, 0.15) is 63.5 Å². The molecule has 32 heavy (non-hydrogen) atoms. The van der Waals surface area contributed by atoms with E-state index in [0.29, 0.717) is 24.8 Å². The van der Waals surface area contributed by atoms with Gasteiger partial charge in [-0.1, -0.05) is 26.0 Å². The van der Waals surface area contributed by atoms with Crippen LogP contribution in [0.2, 0.25) is 0 Å². The number of aromatic nitrogens is 7. The predicted molar refractivity (Wildman–Crippen MR) is 112 cm³/mol. The van der Waals surface area contributed by atoms with Crippen molar-refractivity contribution in [3.63, 3.8) is 0 Å². The summed E-state index contributed by atoms with van der Waals surface area (Å²) in [6.45, 7) is 8.38. The normalized spacial score (nSPS) is 22.2. The van der Waals surface area contributed by atoms with Gasteiger partial charge in [-0.2, -0.15) is 4.80 Å². The predicted octanol–water partition coefficient (Wildman–Crippen LogP) is -0.184. The quantitative estimate of drug-likeness (QED) is 0.597. The van der Waals surface area contributed by atoms with Gasteiger partial charge in [0.05, 0.1) is 18.3 Å². The number of carbonyl (C=O) groups is 2. The van der Waals surface area contributed by atoms with E-state index in [9.17, 15) is 14.7 Å². The van der Waals surface area contributed by atoms with Crippen LogP contribution in [0, 0.1) is 12.3 Å². The molecule has 4 rings (SSSR count). The maximum absolute atomic E-state index is 13.7. The van der Waals surface area contributed by atoms with Gasteiger partial charge >= 0.3 is 0 Å². The van der Waals surface area contributed by atoms with Crippen molar-refractivity contribution in [3.05, 3.63) is 17.7 Å². The Kier molecular flexibility index (Phi) is 5.97. The zero-order valence-corrected chi connectivity index (χ0v) is 19.0. The molecule has 0 spiro atoms. The molecule has 2 aliphatic rings. The Morgan fingerprint density at radius 3 is 2.62 bits per heavy atom. The number of likely N-dealkylation sites (tertiary alicyclic amines) is 1. The monoisotopic (exact) mass is 445 g/mol. The van der Waals surface area contributed by atoms with Crippen LogP contribution in [-0.4, -0.2) is 82.3 Å². The molecule has 0 radical (unpaired) electrons. The Morgan fingerprint density at radius 1 is 1.25 bits per heavy atom. The lowest BCUT2D eigenvalue weighted by molar-refractivity contribution is -0.144. The zero-order chi connectivity index (χ0) is 23.0. The average molecular weight is 446 g/mol. The van der Waals surface area contributed by atoms with Crippen molar-refractivity contribution >= 4 is 11.8 Å². The molecule has 2 N–H and O–H groups in total. The van der Waals surface area contributed by atoms with Crippen molar-refractivity contribution in [2.75, 3.05) is 13.1 Å². The molecule has 1 aliphatic heterocycles.